The van der Waals surface area contributed by atoms with E-state index < -0.39 is 21.8 Å². The predicted molar refractivity (Wildman–Crippen MR) is 75.6 cm³/mol. The number of sulfonamides is 1. The Balaban J connectivity index is 2.39. The van der Waals surface area contributed by atoms with Gasteiger partial charge in [0.25, 0.3) is 10.0 Å². The third-order valence-electron chi connectivity index (χ3n) is 2.60. The molecule has 110 valence electrons. The molecule has 0 unspecified atom stereocenters. The van der Waals surface area contributed by atoms with Crippen molar-refractivity contribution in [2.24, 2.45) is 0 Å². The number of rotatable bonds is 4. The zero-order chi connectivity index (χ0) is 15.6. The number of anilines is 1. The first-order valence-electron chi connectivity index (χ1n) is 5.61. The van der Waals surface area contributed by atoms with E-state index in [0.717, 1.165) is 24.3 Å². The van der Waals surface area contributed by atoms with Gasteiger partial charge in [0.1, 0.15) is 5.82 Å². The third kappa shape index (κ3) is 3.32. The molecule has 0 atom stereocenters. The highest BCUT2D eigenvalue weighted by Gasteiger charge is 2.19. The first kappa shape index (κ1) is 15.3. The molecule has 0 spiro atoms. The van der Waals surface area contributed by atoms with Crippen LogP contribution in [0.3, 0.4) is 0 Å². The Morgan fingerprint density at radius 2 is 1.86 bits per heavy atom. The van der Waals surface area contributed by atoms with Crippen molar-refractivity contribution in [1.29, 1.82) is 0 Å². The van der Waals surface area contributed by atoms with Gasteiger partial charge in [-0.3, -0.25) is 4.72 Å². The number of carboxylic acid groups (broad SMARTS) is 1. The Labute approximate surface area is 125 Å². The van der Waals surface area contributed by atoms with Crippen molar-refractivity contribution in [2.75, 3.05) is 4.72 Å². The molecular weight excluding hydrogens is 321 g/mol. The second-order valence-corrected chi connectivity index (χ2v) is 6.12. The molecule has 0 aromatic heterocycles. The van der Waals surface area contributed by atoms with Crippen molar-refractivity contribution < 1.29 is 22.7 Å². The highest BCUT2D eigenvalue weighted by molar-refractivity contribution is 7.92. The lowest BCUT2D eigenvalue weighted by Crippen LogP contribution is -2.14. The zero-order valence-electron chi connectivity index (χ0n) is 10.4. The maximum Gasteiger partial charge on any atom is 0.337 e. The second-order valence-electron chi connectivity index (χ2n) is 4.03. The maximum atomic E-state index is 13.5. The summed E-state index contributed by atoms with van der Waals surface area (Å²) in [5.74, 6) is -2.00. The molecule has 0 amide bonds. The Morgan fingerprint density at radius 3 is 2.43 bits per heavy atom. The van der Waals surface area contributed by atoms with Crippen molar-refractivity contribution in [3.63, 3.8) is 0 Å². The standard InChI is InChI=1S/C13H9ClFNO4S/c14-10-7-8(5-6-9(10)13(17)18)21(19,20)16-12-4-2-1-3-11(12)15/h1-7,16H,(H,17,18). The zero-order valence-corrected chi connectivity index (χ0v) is 12.0. The number of nitrogens with one attached hydrogen (secondary N) is 1. The van der Waals surface area contributed by atoms with E-state index in [1.165, 1.54) is 18.2 Å². The van der Waals surface area contributed by atoms with Gasteiger partial charge in [-0.15, -0.1) is 0 Å². The Bertz CT molecular complexity index is 808. The monoisotopic (exact) mass is 329 g/mol. The number of hydrogen-bond donors (Lipinski definition) is 2. The molecule has 0 heterocycles. The molecule has 0 aliphatic heterocycles. The first-order chi connectivity index (χ1) is 9.81. The molecule has 2 rings (SSSR count). The van der Waals surface area contributed by atoms with Crippen LogP contribution in [-0.4, -0.2) is 19.5 Å². The molecule has 0 bridgehead atoms. The first-order valence-corrected chi connectivity index (χ1v) is 7.47. The molecule has 0 fully saturated rings. The van der Waals surface area contributed by atoms with Gasteiger partial charge in [0.05, 0.1) is 21.2 Å². The molecule has 0 saturated carbocycles. The topological polar surface area (TPSA) is 83.5 Å². The van der Waals surface area contributed by atoms with Gasteiger partial charge in [0.15, 0.2) is 0 Å². The third-order valence-corrected chi connectivity index (χ3v) is 4.28. The number of aromatic carboxylic acids is 1. The van der Waals surface area contributed by atoms with Crippen LogP contribution in [0.25, 0.3) is 0 Å². The highest BCUT2D eigenvalue weighted by atomic mass is 35.5. The minimum absolute atomic E-state index is 0.212. The van der Waals surface area contributed by atoms with Gasteiger partial charge >= 0.3 is 5.97 Å². The lowest BCUT2D eigenvalue weighted by molar-refractivity contribution is 0.0697. The average molecular weight is 330 g/mol. The van der Waals surface area contributed by atoms with Crippen LogP contribution in [0.2, 0.25) is 5.02 Å². The summed E-state index contributed by atoms with van der Waals surface area (Å²) in [6.07, 6.45) is 0. The lowest BCUT2D eigenvalue weighted by atomic mass is 10.2. The van der Waals surface area contributed by atoms with Crippen LogP contribution < -0.4 is 4.72 Å². The molecule has 2 aromatic rings. The number of halogens is 2. The van der Waals surface area contributed by atoms with E-state index >= 15 is 0 Å². The van der Waals surface area contributed by atoms with Crippen LogP contribution in [0, 0.1) is 5.82 Å². The summed E-state index contributed by atoms with van der Waals surface area (Å²) >= 11 is 5.72. The smallest absolute Gasteiger partial charge is 0.337 e. The van der Waals surface area contributed by atoms with E-state index in [9.17, 15) is 17.6 Å². The summed E-state index contributed by atoms with van der Waals surface area (Å²) in [5.41, 5.74) is -0.433. The summed E-state index contributed by atoms with van der Waals surface area (Å²) in [7, 11) is -4.07. The fourth-order valence-electron chi connectivity index (χ4n) is 1.58. The SMILES string of the molecule is O=C(O)c1ccc(S(=O)(=O)Nc2ccccc2F)cc1Cl. The molecule has 0 aliphatic rings. The summed E-state index contributed by atoms with van der Waals surface area (Å²) < 4.78 is 39.7. The Hall–Kier alpha value is -2.12. The maximum absolute atomic E-state index is 13.5. The average Bonchev–Trinajstić information content (AvgIpc) is 2.40. The largest absolute Gasteiger partial charge is 0.478 e. The minimum Gasteiger partial charge on any atom is -0.478 e. The van der Waals surface area contributed by atoms with Gasteiger partial charge in [0, 0.05) is 0 Å². The van der Waals surface area contributed by atoms with E-state index in [4.69, 9.17) is 16.7 Å². The van der Waals surface area contributed by atoms with Crippen LogP contribution in [0.5, 0.6) is 0 Å². The van der Waals surface area contributed by atoms with Gasteiger partial charge in [-0.25, -0.2) is 17.6 Å². The fraction of sp³-hybridized carbons (Fsp3) is 0. The molecule has 0 radical (unpaired) electrons. The predicted octanol–water partition coefficient (Wildman–Crippen LogP) is 2.98. The second kappa shape index (κ2) is 5.71. The molecule has 0 saturated heterocycles. The summed E-state index contributed by atoms with van der Waals surface area (Å²) in [5, 5.41) is 8.61. The highest BCUT2D eigenvalue weighted by Crippen LogP contribution is 2.23. The van der Waals surface area contributed by atoms with Crippen LogP contribution in [-0.2, 0) is 10.0 Å². The van der Waals surface area contributed by atoms with E-state index in [2.05, 4.69) is 4.72 Å². The van der Waals surface area contributed by atoms with Gasteiger partial charge in [-0.05, 0) is 30.3 Å². The summed E-state index contributed by atoms with van der Waals surface area (Å²) in [6.45, 7) is 0. The summed E-state index contributed by atoms with van der Waals surface area (Å²) in [4.78, 5) is 10.6. The van der Waals surface area contributed by atoms with Crippen molar-refractivity contribution in [3.05, 3.63) is 58.9 Å². The normalized spacial score (nSPS) is 11.1. The Morgan fingerprint density at radius 1 is 1.19 bits per heavy atom. The van der Waals surface area contributed by atoms with Crippen LogP contribution >= 0.6 is 11.6 Å². The van der Waals surface area contributed by atoms with Crippen molar-refractivity contribution >= 4 is 33.3 Å². The van der Waals surface area contributed by atoms with Gasteiger partial charge in [-0.2, -0.15) is 0 Å². The van der Waals surface area contributed by atoms with Crippen LogP contribution in [0.15, 0.2) is 47.4 Å². The van der Waals surface area contributed by atoms with E-state index in [1.807, 2.05) is 0 Å². The van der Waals surface area contributed by atoms with Crippen LogP contribution in [0.1, 0.15) is 10.4 Å². The quantitative estimate of drug-likeness (QED) is 0.903. The van der Waals surface area contributed by atoms with E-state index in [-0.39, 0.29) is 21.2 Å². The molecule has 8 heteroatoms. The van der Waals surface area contributed by atoms with E-state index in [0.29, 0.717) is 0 Å². The minimum atomic E-state index is -4.07. The fourth-order valence-corrected chi connectivity index (χ4v) is 3.00. The number of carbonyl (C=O) groups is 1. The van der Waals surface area contributed by atoms with E-state index in [1.54, 1.807) is 0 Å². The molecule has 21 heavy (non-hydrogen) atoms. The molecule has 2 N–H and O–H groups in total. The number of para-hydroxylation sites is 1. The molecule has 5 nitrogen and oxygen atoms in total. The van der Waals surface area contributed by atoms with Crippen molar-refractivity contribution in [3.8, 4) is 0 Å². The molecule has 0 aliphatic carbocycles. The van der Waals surface area contributed by atoms with Crippen LogP contribution in [0.4, 0.5) is 10.1 Å². The molecular formula is C13H9ClFNO4S. The van der Waals surface area contributed by atoms with Gasteiger partial charge in [0.2, 0.25) is 0 Å². The Kier molecular flexibility index (Phi) is 4.15. The number of carboxylic acids is 1. The molecule has 2 aromatic carbocycles. The van der Waals surface area contributed by atoms with Gasteiger partial charge < -0.3 is 5.11 Å². The number of benzene rings is 2. The van der Waals surface area contributed by atoms with Crippen molar-refractivity contribution in [2.45, 2.75) is 4.90 Å². The van der Waals surface area contributed by atoms with Crippen molar-refractivity contribution in [1.82, 2.24) is 0 Å². The lowest BCUT2D eigenvalue weighted by Gasteiger charge is -2.09. The summed E-state index contributed by atoms with van der Waals surface area (Å²) in [6, 6.07) is 8.42. The van der Waals surface area contributed by atoms with Gasteiger partial charge in [-0.1, -0.05) is 23.7 Å². The number of hydrogen-bond acceptors (Lipinski definition) is 3.